The van der Waals surface area contributed by atoms with E-state index in [0.29, 0.717) is 23.7 Å². The minimum atomic E-state index is -0.479. The third-order valence-corrected chi connectivity index (χ3v) is 3.05. The minimum absolute atomic E-state index is 0.0776. The molecule has 1 atom stereocenters. The number of rotatable bonds is 8. The summed E-state index contributed by atoms with van der Waals surface area (Å²) in [6.07, 6.45) is 1.06. The minimum Gasteiger partial charge on any atom is -0.481 e. The van der Waals surface area contributed by atoms with Crippen LogP contribution in [-0.4, -0.2) is 44.1 Å². The first-order valence-electron chi connectivity index (χ1n) is 6.87. The SMILES string of the molecule is CC[C@H](Oc1cccc(Cl)c1)C(=O)NCCCN(C)C. The van der Waals surface area contributed by atoms with Crippen LogP contribution in [0.3, 0.4) is 0 Å². The molecule has 1 amide bonds. The molecule has 1 rings (SSSR count). The summed E-state index contributed by atoms with van der Waals surface area (Å²) >= 11 is 5.90. The van der Waals surface area contributed by atoms with Crippen LogP contribution in [0.5, 0.6) is 5.75 Å². The molecule has 0 aromatic heterocycles. The molecule has 0 fully saturated rings. The van der Waals surface area contributed by atoms with Gasteiger partial charge in [0.1, 0.15) is 5.75 Å². The molecule has 0 heterocycles. The molecule has 1 aromatic rings. The molecule has 0 bridgehead atoms. The second-order valence-corrected chi connectivity index (χ2v) is 5.36. The summed E-state index contributed by atoms with van der Waals surface area (Å²) in [4.78, 5) is 14.1. The molecule has 0 spiro atoms. The number of ether oxygens (including phenoxy) is 1. The Hall–Kier alpha value is -1.26. The number of hydrogen-bond donors (Lipinski definition) is 1. The Kier molecular flexibility index (Phi) is 7.41. The van der Waals surface area contributed by atoms with Crippen molar-refractivity contribution in [3.8, 4) is 5.75 Å². The van der Waals surface area contributed by atoms with Crippen LogP contribution >= 0.6 is 11.6 Å². The third-order valence-electron chi connectivity index (χ3n) is 2.82. The van der Waals surface area contributed by atoms with E-state index in [0.717, 1.165) is 13.0 Å². The van der Waals surface area contributed by atoms with E-state index >= 15 is 0 Å². The van der Waals surface area contributed by atoms with Gasteiger partial charge in [-0.15, -0.1) is 0 Å². The van der Waals surface area contributed by atoms with Crippen LogP contribution in [0.4, 0.5) is 0 Å². The Morgan fingerprint density at radius 2 is 2.20 bits per heavy atom. The summed E-state index contributed by atoms with van der Waals surface area (Å²) in [6, 6.07) is 7.09. The van der Waals surface area contributed by atoms with Crippen LogP contribution in [0.15, 0.2) is 24.3 Å². The number of carbonyl (C=O) groups excluding carboxylic acids is 1. The smallest absolute Gasteiger partial charge is 0.261 e. The zero-order valence-electron chi connectivity index (χ0n) is 12.4. The summed E-state index contributed by atoms with van der Waals surface area (Å²) < 4.78 is 5.68. The van der Waals surface area contributed by atoms with Crippen molar-refractivity contribution in [3.05, 3.63) is 29.3 Å². The standard InChI is InChI=1S/C15H23ClN2O2/c1-4-14(15(19)17-9-6-10-18(2)3)20-13-8-5-7-12(16)11-13/h5,7-8,11,14H,4,6,9-10H2,1-3H3,(H,17,19)/t14-/m0/s1. The summed E-state index contributed by atoms with van der Waals surface area (Å²) in [6.45, 7) is 3.53. The molecule has 0 radical (unpaired) electrons. The van der Waals surface area contributed by atoms with Gasteiger partial charge in [-0.3, -0.25) is 4.79 Å². The van der Waals surface area contributed by atoms with Gasteiger partial charge in [0.15, 0.2) is 6.10 Å². The predicted molar refractivity (Wildman–Crippen MR) is 82.3 cm³/mol. The maximum Gasteiger partial charge on any atom is 0.261 e. The predicted octanol–water partition coefficient (Wildman–Crippen LogP) is 2.57. The summed E-state index contributed by atoms with van der Waals surface area (Å²) in [5.41, 5.74) is 0. The number of nitrogens with zero attached hydrogens (tertiary/aromatic N) is 1. The number of benzene rings is 1. The highest BCUT2D eigenvalue weighted by molar-refractivity contribution is 6.30. The van der Waals surface area contributed by atoms with E-state index < -0.39 is 6.10 Å². The van der Waals surface area contributed by atoms with E-state index in [2.05, 4.69) is 10.2 Å². The first kappa shape index (κ1) is 16.8. The Bertz CT molecular complexity index is 424. The van der Waals surface area contributed by atoms with Gasteiger partial charge in [0.2, 0.25) is 0 Å². The largest absolute Gasteiger partial charge is 0.481 e. The monoisotopic (exact) mass is 298 g/mol. The molecular weight excluding hydrogens is 276 g/mol. The van der Waals surface area contributed by atoms with E-state index in [1.165, 1.54) is 0 Å². The quantitative estimate of drug-likeness (QED) is 0.750. The van der Waals surface area contributed by atoms with Crippen molar-refractivity contribution in [1.29, 1.82) is 0 Å². The molecule has 0 aliphatic heterocycles. The molecule has 0 saturated heterocycles. The van der Waals surface area contributed by atoms with E-state index in [-0.39, 0.29) is 5.91 Å². The van der Waals surface area contributed by atoms with E-state index in [1.54, 1.807) is 24.3 Å². The van der Waals surface area contributed by atoms with Crippen LogP contribution < -0.4 is 10.1 Å². The summed E-state index contributed by atoms with van der Waals surface area (Å²) in [5, 5.41) is 3.50. The van der Waals surface area contributed by atoms with Gasteiger partial charge >= 0.3 is 0 Å². The highest BCUT2D eigenvalue weighted by Crippen LogP contribution is 2.19. The molecule has 112 valence electrons. The molecule has 5 heteroatoms. The first-order valence-corrected chi connectivity index (χ1v) is 7.25. The molecule has 4 nitrogen and oxygen atoms in total. The highest BCUT2D eigenvalue weighted by atomic mass is 35.5. The maximum absolute atomic E-state index is 12.0. The molecule has 0 aliphatic carbocycles. The lowest BCUT2D eigenvalue weighted by molar-refractivity contribution is -0.128. The van der Waals surface area contributed by atoms with Gasteiger partial charge < -0.3 is 15.0 Å². The van der Waals surface area contributed by atoms with Crippen molar-refractivity contribution in [2.45, 2.75) is 25.9 Å². The van der Waals surface area contributed by atoms with Gasteiger partial charge in [-0.25, -0.2) is 0 Å². The second kappa shape index (κ2) is 8.82. The van der Waals surface area contributed by atoms with Gasteiger partial charge in [0.25, 0.3) is 5.91 Å². The summed E-state index contributed by atoms with van der Waals surface area (Å²) in [5.74, 6) is 0.541. The zero-order chi connectivity index (χ0) is 15.0. The molecule has 1 aromatic carbocycles. The van der Waals surface area contributed by atoms with Crippen LogP contribution in [0.1, 0.15) is 19.8 Å². The number of hydrogen-bond acceptors (Lipinski definition) is 3. The van der Waals surface area contributed by atoms with Crippen LogP contribution in [0, 0.1) is 0 Å². The van der Waals surface area contributed by atoms with Gasteiger partial charge in [0, 0.05) is 11.6 Å². The maximum atomic E-state index is 12.0. The lowest BCUT2D eigenvalue weighted by Gasteiger charge is -2.18. The molecule has 20 heavy (non-hydrogen) atoms. The molecule has 0 saturated carbocycles. The van der Waals surface area contributed by atoms with Crippen molar-refractivity contribution < 1.29 is 9.53 Å². The first-order chi connectivity index (χ1) is 9.52. The summed E-state index contributed by atoms with van der Waals surface area (Å²) in [7, 11) is 4.03. The average Bonchev–Trinajstić information content (AvgIpc) is 2.40. The van der Waals surface area contributed by atoms with Crippen LogP contribution in [0.2, 0.25) is 5.02 Å². The second-order valence-electron chi connectivity index (χ2n) is 4.92. The van der Waals surface area contributed by atoms with E-state index in [9.17, 15) is 4.79 Å². The Morgan fingerprint density at radius 1 is 1.45 bits per heavy atom. The van der Waals surface area contributed by atoms with Crippen molar-refractivity contribution in [2.24, 2.45) is 0 Å². The third kappa shape index (κ3) is 6.26. The van der Waals surface area contributed by atoms with Crippen LogP contribution in [0.25, 0.3) is 0 Å². The van der Waals surface area contributed by atoms with Gasteiger partial charge in [0.05, 0.1) is 0 Å². The average molecular weight is 299 g/mol. The topological polar surface area (TPSA) is 41.6 Å². The van der Waals surface area contributed by atoms with E-state index in [4.69, 9.17) is 16.3 Å². The van der Waals surface area contributed by atoms with Gasteiger partial charge in [-0.05, 0) is 51.7 Å². The fourth-order valence-electron chi connectivity index (χ4n) is 1.75. The number of halogens is 1. The van der Waals surface area contributed by atoms with E-state index in [1.807, 2.05) is 21.0 Å². The molecule has 0 unspecified atom stereocenters. The number of nitrogens with one attached hydrogen (secondary N) is 1. The van der Waals surface area contributed by atoms with Crippen molar-refractivity contribution in [1.82, 2.24) is 10.2 Å². The normalized spacial score (nSPS) is 12.2. The van der Waals surface area contributed by atoms with Crippen LogP contribution in [-0.2, 0) is 4.79 Å². The fourth-order valence-corrected chi connectivity index (χ4v) is 1.93. The number of carbonyl (C=O) groups is 1. The number of amides is 1. The fraction of sp³-hybridized carbons (Fsp3) is 0.533. The molecule has 1 N–H and O–H groups in total. The lowest BCUT2D eigenvalue weighted by atomic mass is 10.2. The van der Waals surface area contributed by atoms with Gasteiger partial charge in [-0.2, -0.15) is 0 Å². The van der Waals surface area contributed by atoms with Crippen molar-refractivity contribution in [3.63, 3.8) is 0 Å². The molecular formula is C15H23ClN2O2. The lowest BCUT2D eigenvalue weighted by Crippen LogP contribution is -2.39. The molecule has 0 aliphatic rings. The Labute approximate surface area is 126 Å². The Morgan fingerprint density at radius 3 is 2.80 bits per heavy atom. The zero-order valence-corrected chi connectivity index (χ0v) is 13.1. The van der Waals surface area contributed by atoms with Gasteiger partial charge in [-0.1, -0.05) is 24.6 Å². The Balaban J connectivity index is 2.43. The highest BCUT2D eigenvalue weighted by Gasteiger charge is 2.17. The van der Waals surface area contributed by atoms with Crippen molar-refractivity contribution in [2.75, 3.05) is 27.2 Å². The van der Waals surface area contributed by atoms with Crippen molar-refractivity contribution >= 4 is 17.5 Å².